The zero-order chi connectivity index (χ0) is 22.7. The molecular formula is C23H17F3N2O4. The number of fused-ring (bicyclic) bond motifs is 1. The van der Waals surface area contributed by atoms with E-state index < -0.39 is 12.3 Å². The van der Waals surface area contributed by atoms with E-state index in [2.05, 4.69) is 9.72 Å². The minimum Gasteiger partial charge on any atom is -0.489 e. The van der Waals surface area contributed by atoms with Crippen LogP contribution in [0.15, 0.2) is 73.1 Å². The number of pyridine rings is 1. The van der Waals surface area contributed by atoms with E-state index in [9.17, 15) is 18.0 Å². The molecular weight excluding hydrogens is 425 g/mol. The standard InChI is InChI=1S/C23H17F3N2O4/c24-23(25,26)32-18-5-2-16(3-6-18)20-8-1-15(12-27-20)14-31-19-7-4-17-9-10-28(13-22(29)30)21(17)11-19/h1-12H,13-14H2,(H,29,30). The number of carbonyl (C=O) groups is 1. The summed E-state index contributed by atoms with van der Waals surface area (Å²) < 4.78 is 48.1. The van der Waals surface area contributed by atoms with E-state index in [1.165, 1.54) is 24.3 Å². The molecule has 6 nitrogen and oxygen atoms in total. The van der Waals surface area contributed by atoms with Gasteiger partial charge in [-0.2, -0.15) is 0 Å². The van der Waals surface area contributed by atoms with Crippen LogP contribution in [0.5, 0.6) is 11.5 Å². The Morgan fingerprint density at radius 3 is 2.41 bits per heavy atom. The number of hydrogen-bond donors (Lipinski definition) is 1. The minimum absolute atomic E-state index is 0.137. The number of ether oxygens (including phenoxy) is 2. The lowest BCUT2D eigenvalue weighted by Crippen LogP contribution is -2.16. The van der Waals surface area contributed by atoms with Gasteiger partial charge in [0.1, 0.15) is 24.7 Å². The first-order valence-corrected chi connectivity index (χ1v) is 9.51. The molecule has 4 rings (SSSR count). The molecule has 0 unspecified atom stereocenters. The average Bonchev–Trinajstić information content (AvgIpc) is 3.13. The molecule has 0 aliphatic rings. The van der Waals surface area contributed by atoms with Crippen LogP contribution in [0.1, 0.15) is 5.56 Å². The number of rotatable bonds is 7. The van der Waals surface area contributed by atoms with Gasteiger partial charge >= 0.3 is 12.3 Å². The van der Waals surface area contributed by atoms with Crippen molar-refractivity contribution in [3.63, 3.8) is 0 Å². The second-order valence-corrected chi connectivity index (χ2v) is 6.97. The van der Waals surface area contributed by atoms with Crippen LogP contribution in [-0.4, -0.2) is 27.0 Å². The van der Waals surface area contributed by atoms with Crippen LogP contribution in [0.3, 0.4) is 0 Å². The topological polar surface area (TPSA) is 73.6 Å². The third-order valence-corrected chi connectivity index (χ3v) is 4.66. The lowest BCUT2D eigenvalue weighted by molar-refractivity contribution is -0.274. The van der Waals surface area contributed by atoms with Crippen molar-refractivity contribution in [3.05, 3.63) is 78.6 Å². The van der Waals surface area contributed by atoms with E-state index in [0.717, 1.165) is 16.5 Å². The van der Waals surface area contributed by atoms with Gasteiger partial charge in [0.15, 0.2) is 0 Å². The quantitative estimate of drug-likeness (QED) is 0.422. The second-order valence-electron chi connectivity index (χ2n) is 6.97. The number of aromatic nitrogens is 2. The Kier molecular flexibility index (Phi) is 5.72. The maximum Gasteiger partial charge on any atom is 0.573 e. The zero-order valence-corrected chi connectivity index (χ0v) is 16.5. The molecule has 2 aromatic heterocycles. The highest BCUT2D eigenvalue weighted by molar-refractivity contribution is 5.83. The second kappa shape index (κ2) is 8.62. The van der Waals surface area contributed by atoms with E-state index >= 15 is 0 Å². The molecule has 0 saturated heterocycles. The summed E-state index contributed by atoms with van der Waals surface area (Å²) >= 11 is 0. The highest BCUT2D eigenvalue weighted by Gasteiger charge is 2.30. The van der Waals surface area contributed by atoms with Gasteiger partial charge in [-0.05, 0) is 53.9 Å². The van der Waals surface area contributed by atoms with Gasteiger partial charge in [0, 0.05) is 29.6 Å². The van der Waals surface area contributed by atoms with E-state index in [4.69, 9.17) is 9.84 Å². The van der Waals surface area contributed by atoms with Gasteiger partial charge in [0.05, 0.1) is 11.2 Å². The predicted molar refractivity (Wildman–Crippen MR) is 110 cm³/mol. The predicted octanol–water partition coefficient (Wildman–Crippen LogP) is 5.27. The molecule has 164 valence electrons. The summed E-state index contributed by atoms with van der Waals surface area (Å²) in [5.74, 6) is -0.632. The number of carboxylic acid groups (broad SMARTS) is 1. The number of hydrogen-bond acceptors (Lipinski definition) is 4. The number of nitrogens with zero attached hydrogens (tertiary/aromatic N) is 2. The number of aliphatic carboxylic acids is 1. The third-order valence-electron chi connectivity index (χ3n) is 4.66. The van der Waals surface area contributed by atoms with Crippen LogP contribution < -0.4 is 9.47 Å². The lowest BCUT2D eigenvalue weighted by atomic mass is 10.1. The third kappa shape index (κ3) is 5.18. The van der Waals surface area contributed by atoms with Gasteiger partial charge in [-0.1, -0.05) is 6.07 Å². The molecule has 32 heavy (non-hydrogen) atoms. The fraction of sp³-hybridized carbons (Fsp3) is 0.130. The van der Waals surface area contributed by atoms with Crippen molar-refractivity contribution in [1.82, 2.24) is 9.55 Å². The molecule has 0 aliphatic heterocycles. The summed E-state index contributed by atoms with van der Waals surface area (Å²) in [7, 11) is 0. The molecule has 2 aromatic carbocycles. The Bertz CT molecular complexity index is 1230. The van der Waals surface area contributed by atoms with Crippen LogP contribution in [-0.2, 0) is 17.9 Å². The fourth-order valence-corrected chi connectivity index (χ4v) is 3.21. The minimum atomic E-state index is -4.73. The summed E-state index contributed by atoms with van der Waals surface area (Å²) in [6, 6.07) is 16.3. The first-order chi connectivity index (χ1) is 15.3. The van der Waals surface area contributed by atoms with Crippen molar-refractivity contribution in [2.24, 2.45) is 0 Å². The maximum atomic E-state index is 12.3. The molecule has 4 aromatic rings. The summed E-state index contributed by atoms with van der Waals surface area (Å²) in [6.45, 7) is 0.110. The SMILES string of the molecule is O=C(O)Cn1ccc2ccc(OCc3ccc(-c4ccc(OC(F)(F)F)cc4)nc3)cc21. The van der Waals surface area contributed by atoms with Crippen molar-refractivity contribution in [2.45, 2.75) is 19.5 Å². The molecule has 0 amide bonds. The number of benzene rings is 2. The monoisotopic (exact) mass is 442 g/mol. The van der Waals surface area contributed by atoms with Gasteiger partial charge in [0.2, 0.25) is 0 Å². The molecule has 0 saturated carbocycles. The van der Waals surface area contributed by atoms with Gasteiger partial charge in [0.25, 0.3) is 0 Å². The summed E-state index contributed by atoms with van der Waals surface area (Å²) in [6.07, 6.45) is -1.39. The highest BCUT2D eigenvalue weighted by atomic mass is 19.4. The fourth-order valence-electron chi connectivity index (χ4n) is 3.21. The Balaban J connectivity index is 1.41. The van der Waals surface area contributed by atoms with Crippen LogP contribution in [0, 0.1) is 0 Å². The summed E-state index contributed by atoms with van der Waals surface area (Å²) in [4.78, 5) is 15.3. The van der Waals surface area contributed by atoms with Crippen molar-refractivity contribution >= 4 is 16.9 Å². The van der Waals surface area contributed by atoms with Gasteiger partial charge < -0.3 is 19.1 Å². The van der Waals surface area contributed by atoms with Crippen LogP contribution in [0.25, 0.3) is 22.2 Å². The lowest BCUT2D eigenvalue weighted by Gasteiger charge is -2.10. The molecule has 0 atom stereocenters. The molecule has 0 aliphatic carbocycles. The molecule has 1 N–H and O–H groups in total. The Labute approximate surface area is 180 Å². The number of carboxylic acids is 1. The van der Waals surface area contributed by atoms with E-state index in [1.54, 1.807) is 35.2 Å². The molecule has 9 heteroatoms. The van der Waals surface area contributed by atoms with E-state index in [-0.39, 0.29) is 18.9 Å². The first-order valence-electron chi connectivity index (χ1n) is 9.51. The maximum absolute atomic E-state index is 12.3. The number of halogens is 3. The van der Waals surface area contributed by atoms with Crippen LogP contribution in [0.2, 0.25) is 0 Å². The van der Waals surface area contributed by atoms with E-state index in [1.807, 2.05) is 18.2 Å². The van der Waals surface area contributed by atoms with E-state index in [0.29, 0.717) is 17.0 Å². The van der Waals surface area contributed by atoms with Crippen LogP contribution in [0.4, 0.5) is 13.2 Å². The first kappa shape index (κ1) is 21.2. The van der Waals surface area contributed by atoms with Gasteiger partial charge in [-0.15, -0.1) is 13.2 Å². The van der Waals surface area contributed by atoms with Crippen molar-refractivity contribution in [2.75, 3.05) is 0 Å². The normalized spacial score (nSPS) is 11.5. The Morgan fingerprint density at radius 2 is 1.75 bits per heavy atom. The zero-order valence-electron chi connectivity index (χ0n) is 16.5. The van der Waals surface area contributed by atoms with Gasteiger partial charge in [-0.25, -0.2) is 0 Å². The van der Waals surface area contributed by atoms with Crippen molar-refractivity contribution in [1.29, 1.82) is 0 Å². The van der Waals surface area contributed by atoms with Crippen molar-refractivity contribution in [3.8, 4) is 22.8 Å². The molecule has 0 spiro atoms. The summed E-state index contributed by atoms with van der Waals surface area (Å²) in [5, 5.41) is 9.93. The molecule has 0 radical (unpaired) electrons. The number of alkyl halides is 3. The van der Waals surface area contributed by atoms with Crippen LogP contribution >= 0.6 is 0 Å². The summed E-state index contributed by atoms with van der Waals surface area (Å²) in [5.41, 5.74) is 2.81. The smallest absolute Gasteiger partial charge is 0.489 e. The highest BCUT2D eigenvalue weighted by Crippen LogP contribution is 2.26. The largest absolute Gasteiger partial charge is 0.573 e. The average molecular weight is 442 g/mol. The Hall–Kier alpha value is -4.01. The molecule has 0 bridgehead atoms. The van der Waals surface area contributed by atoms with Crippen molar-refractivity contribution < 1.29 is 32.5 Å². The molecule has 2 heterocycles. The Morgan fingerprint density at radius 1 is 1.00 bits per heavy atom. The van der Waals surface area contributed by atoms with Gasteiger partial charge in [-0.3, -0.25) is 9.78 Å². The molecule has 0 fully saturated rings.